The number of hydrogen-bond acceptors (Lipinski definition) is 3. The molecule has 1 aliphatic rings. The van der Waals surface area contributed by atoms with E-state index in [4.69, 9.17) is 4.74 Å². The molecule has 2 rings (SSSR count). The van der Waals surface area contributed by atoms with Crippen LogP contribution in [0.15, 0.2) is 0 Å². The first-order chi connectivity index (χ1) is 10.5. The zero-order chi connectivity index (χ0) is 16.3. The maximum atomic E-state index is 12.5. The zero-order valence-electron chi connectivity index (χ0n) is 13.9. The highest BCUT2D eigenvalue weighted by Gasteiger charge is 2.27. The smallest absolute Gasteiger partial charge is 0.340 e. The molecule has 0 bridgehead atoms. The van der Waals surface area contributed by atoms with E-state index in [0.717, 1.165) is 19.3 Å². The predicted octanol–water partition coefficient (Wildman–Crippen LogP) is 3.12. The second-order valence-corrected chi connectivity index (χ2v) is 6.19. The average Bonchev–Trinajstić information content (AvgIpc) is 2.77. The first-order valence-corrected chi connectivity index (χ1v) is 8.12. The maximum absolute atomic E-state index is 12.5. The Balaban J connectivity index is 2.16. The van der Waals surface area contributed by atoms with Crippen LogP contribution in [0.3, 0.4) is 0 Å². The number of amides is 1. The number of aromatic amines is 1. The van der Waals surface area contributed by atoms with Crippen molar-refractivity contribution in [1.29, 1.82) is 0 Å². The predicted molar refractivity (Wildman–Crippen MR) is 85.1 cm³/mol. The van der Waals surface area contributed by atoms with Gasteiger partial charge >= 0.3 is 5.97 Å². The topological polar surface area (TPSA) is 71.2 Å². The van der Waals surface area contributed by atoms with E-state index in [2.05, 4.69) is 17.2 Å². The fourth-order valence-corrected chi connectivity index (χ4v) is 3.26. The summed E-state index contributed by atoms with van der Waals surface area (Å²) in [5.41, 5.74) is 2.29. The summed E-state index contributed by atoms with van der Waals surface area (Å²) in [6, 6.07) is 0.218. The highest BCUT2D eigenvalue weighted by atomic mass is 16.5. The fourth-order valence-electron chi connectivity index (χ4n) is 3.26. The van der Waals surface area contributed by atoms with Gasteiger partial charge in [-0.3, -0.25) is 4.79 Å². The van der Waals surface area contributed by atoms with E-state index in [0.29, 0.717) is 35.0 Å². The Morgan fingerprint density at radius 2 is 1.95 bits per heavy atom. The lowest BCUT2D eigenvalue weighted by Crippen LogP contribution is -2.41. The molecule has 2 atom stereocenters. The van der Waals surface area contributed by atoms with E-state index in [1.54, 1.807) is 20.8 Å². The summed E-state index contributed by atoms with van der Waals surface area (Å²) in [6.07, 6.45) is 4.57. The molecule has 0 saturated heterocycles. The Bertz CT molecular complexity index is 562. The highest BCUT2D eigenvalue weighted by molar-refractivity contribution is 6.00. The van der Waals surface area contributed by atoms with Crippen molar-refractivity contribution in [1.82, 2.24) is 10.3 Å². The third kappa shape index (κ3) is 3.34. The van der Waals surface area contributed by atoms with Gasteiger partial charge in [-0.2, -0.15) is 0 Å². The van der Waals surface area contributed by atoms with Gasteiger partial charge in [0.2, 0.25) is 0 Å². The van der Waals surface area contributed by atoms with E-state index < -0.39 is 0 Å². The summed E-state index contributed by atoms with van der Waals surface area (Å²) in [5, 5.41) is 3.11. The molecule has 122 valence electrons. The fraction of sp³-hybridized carbons (Fsp3) is 0.647. The number of carbonyl (C=O) groups is 2. The number of nitrogens with one attached hydrogen (secondary N) is 2. The molecule has 5 nitrogen and oxygen atoms in total. The molecular formula is C17H26N2O3. The minimum absolute atomic E-state index is 0.130. The molecule has 1 heterocycles. The summed E-state index contributed by atoms with van der Waals surface area (Å²) in [6.45, 7) is 7.85. The van der Waals surface area contributed by atoms with Crippen molar-refractivity contribution in [2.24, 2.45) is 5.92 Å². The largest absolute Gasteiger partial charge is 0.462 e. The van der Waals surface area contributed by atoms with Crippen LogP contribution in [0.25, 0.3) is 0 Å². The van der Waals surface area contributed by atoms with Gasteiger partial charge in [0.15, 0.2) is 0 Å². The molecule has 0 aliphatic heterocycles. The lowest BCUT2D eigenvalue weighted by Gasteiger charge is -2.29. The summed E-state index contributed by atoms with van der Waals surface area (Å²) in [7, 11) is 0. The molecule has 0 unspecified atom stereocenters. The van der Waals surface area contributed by atoms with Crippen LogP contribution < -0.4 is 5.32 Å². The quantitative estimate of drug-likeness (QED) is 0.840. The molecule has 1 fully saturated rings. The van der Waals surface area contributed by atoms with Crippen molar-refractivity contribution in [3.63, 3.8) is 0 Å². The van der Waals surface area contributed by atoms with Crippen molar-refractivity contribution < 1.29 is 14.3 Å². The summed E-state index contributed by atoms with van der Waals surface area (Å²) >= 11 is 0. The summed E-state index contributed by atoms with van der Waals surface area (Å²) in [4.78, 5) is 27.6. The average molecular weight is 306 g/mol. The zero-order valence-corrected chi connectivity index (χ0v) is 13.9. The standard InChI is InChI=1S/C17H26N2O3/c1-5-22-17(21)14-11(3)15(18-12(14)4)16(20)19-13-9-7-6-8-10(13)2/h10,13,18H,5-9H2,1-4H3,(H,19,20)/t10-,13-/m0/s1. The number of ether oxygens (including phenoxy) is 1. The van der Waals surface area contributed by atoms with E-state index >= 15 is 0 Å². The number of carbonyl (C=O) groups excluding carboxylic acids is 2. The van der Waals surface area contributed by atoms with Gasteiger partial charge in [0.1, 0.15) is 5.69 Å². The molecule has 5 heteroatoms. The molecular weight excluding hydrogens is 280 g/mol. The van der Waals surface area contributed by atoms with Crippen LogP contribution in [-0.2, 0) is 4.74 Å². The van der Waals surface area contributed by atoms with Gasteiger partial charge in [-0.05, 0) is 45.1 Å². The van der Waals surface area contributed by atoms with E-state index in [1.807, 2.05) is 0 Å². The van der Waals surface area contributed by atoms with Crippen LogP contribution >= 0.6 is 0 Å². The summed E-state index contributed by atoms with van der Waals surface area (Å²) < 4.78 is 5.06. The van der Waals surface area contributed by atoms with E-state index in [1.165, 1.54) is 6.42 Å². The lowest BCUT2D eigenvalue weighted by molar-refractivity contribution is 0.0525. The summed E-state index contributed by atoms with van der Waals surface area (Å²) in [5.74, 6) is -0.00711. The molecule has 1 amide bonds. The van der Waals surface area contributed by atoms with Crippen LogP contribution in [0.4, 0.5) is 0 Å². The normalized spacial score (nSPS) is 21.5. The number of H-pyrrole nitrogens is 1. The van der Waals surface area contributed by atoms with Gasteiger partial charge in [-0.25, -0.2) is 4.79 Å². The molecule has 2 N–H and O–H groups in total. The Morgan fingerprint density at radius 1 is 1.27 bits per heavy atom. The molecule has 1 aromatic rings. The highest BCUT2D eigenvalue weighted by Crippen LogP contribution is 2.25. The van der Waals surface area contributed by atoms with Gasteiger partial charge < -0.3 is 15.0 Å². The first kappa shape index (κ1) is 16.6. The third-order valence-electron chi connectivity index (χ3n) is 4.57. The Kier molecular flexibility index (Phi) is 5.27. The van der Waals surface area contributed by atoms with Crippen LogP contribution in [0.5, 0.6) is 0 Å². The monoisotopic (exact) mass is 306 g/mol. The number of hydrogen-bond donors (Lipinski definition) is 2. The second-order valence-electron chi connectivity index (χ2n) is 6.19. The molecule has 1 aliphatic carbocycles. The van der Waals surface area contributed by atoms with Crippen molar-refractivity contribution in [2.45, 2.75) is 59.4 Å². The number of aryl methyl sites for hydroxylation is 1. The molecule has 0 aromatic carbocycles. The minimum Gasteiger partial charge on any atom is -0.462 e. The van der Waals surface area contributed by atoms with Gasteiger partial charge in [0.05, 0.1) is 12.2 Å². The number of aromatic nitrogens is 1. The van der Waals surface area contributed by atoms with Gasteiger partial charge in [0.25, 0.3) is 5.91 Å². The minimum atomic E-state index is -0.376. The molecule has 1 saturated carbocycles. The number of esters is 1. The van der Waals surface area contributed by atoms with Crippen LogP contribution in [-0.4, -0.2) is 29.5 Å². The molecule has 22 heavy (non-hydrogen) atoms. The second kappa shape index (κ2) is 6.99. The van der Waals surface area contributed by atoms with Crippen molar-refractivity contribution >= 4 is 11.9 Å². The third-order valence-corrected chi connectivity index (χ3v) is 4.57. The Hall–Kier alpha value is -1.78. The van der Waals surface area contributed by atoms with Crippen molar-refractivity contribution in [2.75, 3.05) is 6.61 Å². The van der Waals surface area contributed by atoms with Crippen molar-refractivity contribution in [3.8, 4) is 0 Å². The van der Waals surface area contributed by atoms with Gasteiger partial charge in [-0.15, -0.1) is 0 Å². The number of rotatable bonds is 4. The maximum Gasteiger partial charge on any atom is 0.340 e. The molecule has 0 spiro atoms. The molecule has 0 radical (unpaired) electrons. The van der Waals surface area contributed by atoms with E-state index in [9.17, 15) is 9.59 Å². The van der Waals surface area contributed by atoms with E-state index in [-0.39, 0.29) is 17.9 Å². The van der Waals surface area contributed by atoms with Crippen LogP contribution in [0.2, 0.25) is 0 Å². The Labute approximate surface area is 131 Å². The van der Waals surface area contributed by atoms with Crippen molar-refractivity contribution in [3.05, 3.63) is 22.5 Å². The lowest BCUT2D eigenvalue weighted by atomic mass is 9.86. The first-order valence-electron chi connectivity index (χ1n) is 8.12. The molecule has 1 aromatic heterocycles. The van der Waals surface area contributed by atoms with Crippen LogP contribution in [0.1, 0.15) is 71.6 Å². The van der Waals surface area contributed by atoms with Gasteiger partial charge in [-0.1, -0.05) is 19.8 Å². The SMILES string of the molecule is CCOC(=O)c1c(C)[nH]c(C(=O)N[C@H]2CCCC[C@@H]2C)c1C. The Morgan fingerprint density at radius 3 is 2.59 bits per heavy atom. The van der Waals surface area contributed by atoms with Crippen LogP contribution in [0, 0.1) is 19.8 Å². The van der Waals surface area contributed by atoms with Gasteiger partial charge in [0, 0.05) is 11.7 Å².